The minimum atomic E-state index is -1.58. The van der Waals surface area contributed by atoms with E-state index in [9.17, 15) is 13.8 Å². The predicted octanol–water partition coefficient (Wildman–Crippen LogP) is 6.30. The molecule has 1 aliphatic heterocycles. The summed E-state index contributed by atoms with van der Waals surface area (Å²) in [7, 11) is -1.58. The minimum absolute atomic E-state index is 0.216. The van der Waals surface area contributed by atoms with Crippen LogP contribution in [0.15, 0.2) is 76.5 Å². The maximum atomic E-state index is 13.8. The Bertz CT molecular complexity index is 1340. The number of fused-ring (bicyclic) bond motifs is 2. The number of nitrogens with zero attached hydrogens (tertiary/aromatic N) is 2. The lowest BCUT2D eigenvalue weighted by atomic mass is 10.1. The Morgan fingerprint density at radius 1 is 0.923 bits per heavy atom. The van der Waals surface area contributed by atoms with Gasteiger partial charge in [-0.1, -0.05) is 62.6 Å². The van der Waals surface area contributed by atoms with Crippen molar-refractivity contribution < 1.29 is 13.8 Å². The van der Waals surface area contributed by atoms with Crippen molar-refractivity contribution in [3.8, 4) is 0 Å². The van der Waals surface area contributed by atoms with Crippen LogP contribution in [-0.4, -0.2) is 47.1 Å². The van der Waals surface area contributed by atoms with Gasteiger partial charge in [-0.15, -0.1) is 0 Å². The van der Waals surface area contributed by atoms with Gasteiger partial charge in [0.15, 0.2) is 0 Å². The van der Waals surface area contributed by atoms with Gasteiger partial charge >= 0.3 is 0 Å². The number of hydrogen-bond donors (Lipinski definition) is 1. The first-order valence-electron chi connectivity index (χ1n) is 13.6. The molecule has 0 saturated heterocycles. The molecule has 1 atom stereocenters. The van der Waals surface area contributed by atoms with E-state index < -0.39 is 10.8 Å². The molecule has 0 bridgehead atoms. The average Bonchev–Trinajstić information content (AvgIpc) is 3.03. The van der Waals surface area contributed by atoms with Crippen molar-refractivity contribution in [1.29, 1.82) is 0 Å². The number of rotatable bonds is 12. The predicted molar refractivity (Wildman–Crippen MR) is 158 cm³/mol. The maximum Gasteiger partial charge on any atom is 0.259 e. The highest BCUT2D eigenvalue weighted by molar-refractivity contribution is 7.85. The molecule has 0 spiro atoms. The normalized spacial score (nSPS) is 14.6. The Kier molecular flexibility index (Phi) is 10.3. The summed E-state index contributed by atoms with van der Waals surface area (Å²) in [5.41, 5.74) is 2.12. The molecule has 3 aromatic rings. The van der Waals surface area contributed by atoms with E-state index in [0.717, 1.165) is 50.9 Å². The molecule has 4 rings (SSSR count). The van der Waals surface area contributed by atoms with Gasteiger partial charge in [0.2, 0.25) is 0 Å². The standard InChI is InChI=1S/C31H36ClN3O3S/c1-3-5-17-34(18-6-4-2)19-16-33-30(36)24-14-15-29-27(21-24)35(22-23-10-9-11-25(32)20-23)31(37)26-12-7-8-13-28(26)39(29)38/h7-15,20-21H,3-6,16-19,22H2,1-2H3,(H,33,36)/t39-/m0/s1. The number of carbonyl (C=O) groups excluding carboxylic acids is 2. The average molecular weight is 566 g/mol. The lowest BCUT2D eigenvalue weighted by Crippen LogP contribution is -2.36. The summed E-state index contributed by atoms with van der Waals surface area (Å²) in [5, 5.41) is 3.61. The molecule has 0 unspecified atom stereocenters. The number of halogens is 1. The van der Waals surface area contributed by atoms with E-state index in [-0.39, 0.29) is 18.4 Å². The molecule has 0 aliphatic carbocycles. The lowest BCUT2D eigenvalue weighted by molar-refractivity contribution is 0.0944. The van der Waals surface area contributed by atoms with E-state index in [1.54, 1.807) is 53.4 Å². The van der Waals surface area contributed by atoms with Gasteiger partial charge in [0.25, 0.3) is 11.8 Å². The molecule has 0 fully saturated rings. The van der Waals surface area contributed by atoms with Crippen LogP contribution in [0, 0.1) is 0 Å². The second-order valence-electron chi connectivity index (χ2n) is 9.77. The van der Waals surface area contributed by atoms with Crippen LogP contribution in [0.3, 0.4) is 0 Å². The van der Waals surface area contributed by atoms with Crippen molar-refractivity contribution in [3.05, 3.63) is 88.4 Å². The third-order valence-electron chi connectivity index (χ3n) is 6.87. The first-order valence-corrected chi connectivity index (χ1v) is 15.2. The van der Waals surface area contributed by atoms with E-state index in [1.807, 2.05) is 18.2 Å². The molecule has 0 aromatic heterocycles. The van der Waals surface area contributed by atoms with Gasteiger partial charge in [-0.05, 0) is 74.0 Å². The number of carbonyl (C=O) groups is 2. The molecule has 2 amide bonds. The fourth-order valence-corrected chi connectivity index (χ4v) is 6.27. The summed E-state index contributed by atoms with van der Waals surface area (Å²) in [6.07, 6.45) is 4.55. The van der Waals surface area contributed by atoms with Crippen molar-refractivity contribution in [2.24, 2.45) is 0 Å². The highest BCUT2D eigenvalue weighted by atomic mass is 35.5. The number of amides is 2. The Balaban J connectivity index is 1.60. The zero-order valence-corrected chi connectivity index (χ0v) is 24.2. The fraction of sp³-hybridized carbons (Fsp3) is 0.355. The Labute approximate surface area is 238 Å². The van der Waals surface area contributed by atoms with E-state index >= 15 is 0 Å². The van der Waals surface area contributed by atoms with Crippen LogP contribution >= 0.6 is 11.6 Å². The van der Waals surface area contributed by atoms with Gasteiger partial charge in [-0.2, -0.15) is 0 Å². The smallest absolute Gasteiger partial charge is 0.259 e. The van der Waals surface area contributed by atoms with Gasteiger partial charge < -0.3 is 15.1 Å². The monoisotopic (exact) mass is 565 g/mol. The van der Waals surface area contributed by atoms with E-state index in [4.69, 9.17) is 11.6 Å². The van der Waals surface area contributed by atoms with Crippen LogP contribution in [0.2, 0.25) is 5.02 Å². The van der Waals surface area contributed by atoms with Gasteiger partial charge in [0.1, 0.15) is 0 Å². The minimum Gasteiger partial charge on any atom is -0.351 e. The summed E-state index contributed by atoms with van der Waals surface area (Å²) >= 11 is 6.22. The largest absolute Gasteiger partial charge is 0.351 e. The van der Waals surface area contributed by atoms with Crippen molar-refractivity contribution in [1.82, 2.24) is 10.2 Å². The lowest BCUT2D eigenvalue weighted by Gasteiger charge is -2.24. The van der Waals surface area contributed by atoms with E-state index in [1.165, 1.54) is 0 Å². The van der Waals surface area contributed by atoms with E-state index in [2.05, 4.69) is 24.1 Å². The fourth-order valence-electron chi connectivity index (χ4n) is 4.71. The maximum absolute atomic E-state index is 13.8. The van der Waals surface area contributed by atoms with E-state index in [0.29, 0.717) is 38.2 Å². The summed E-state index contributed by atoms with van der Waals surface area (Å²) in [5.74, 6) is -0.482. The van der Waals surface area contributed by atoms with Crippen LogP contribution in [0.25, 0.3) is 0 Å². The number of nitrogens with one attached hydrogen (secondary N) is 1. The summed E-state index contributed by atoms with van der Waals surface area (Å²) in [4.78, 5) is 31.9. The second kappa shape index (κ2) is 13.9. The Morgan fingerprint density at radius 2 is 1.67 bits per heavy atom. The van der Waals surface area contributed by atoms with Crippen molar-refractivity contribution >= 4 is 39.9 Å². The second-order valence-corrected chi connectivity index (χ2v) is 11.6. The third kappa shape index (κ3) is 7.15. The number of hydrogen-bond acceptors (Lipinski definition) is 4. The first-order chi connectivity index (χ1) is 18.9. The number of anilines is 1. The van der Waals surface area contributed by atoms with Gasteiger partial charge in [0.05, 0.1) is 38.4 Å². The zero-order valence-electron chi connectivity index (χ0n) is 22.6. The molecule has 6 nitrogen and oxygen atoms in total. The van der Waals surface area contributed by atoms with Crippen molar-refractivity contribution in [2.45, 2.75) is 55.9 Å². The molecular formula is C31H36ClN3O3S. The molecule has 206 valence electrons. The molecule has 1 heterocycles. The number of unbranched alkanes of at least 4 members (excludes halogenated alkanes) is 2. The van der Waals surface area contributed by atoms with Gasteiger partial charge in [-0.25, -0.2) is 4.21 Å². The molecule has 0 saturated carbocycles. The highest BCUT2D eigenvalue weighted by Gasteiger charge is 2.31. The van der Waals surface area contributed by atoms with Crippen LogP contribution in [0.5, 0.6) is 0 Å². The van der Waals surface area contributed by atoms with Crippen LogP contribution < -0.4 is 10.2 Å². The molecule has 39 heavy (non-hydrogen) atoms. The van der Waals surface area contributed by atoms with Gasteiger partial charge in [0, 0.05) is 23.7 Å². The first kappa shape index (κ1) is 29.0. The molecular weight excluding hydrogens is 530 g/mol. The Morgan fingerprint density at radius 3 is 2.38 bits per heavy atom. The topological polar surface area (TPSA) is 69.7 Å². The SMILES string of the molecule is CCCCN(CCCC)CCNC(=O)c1ccc2c(c1)N(Cc1cccc(Cl)c1)C(=O)c1ccccc1[S@@]2=O. The molecule has 1 N–H and O–H groups in total. The molecule has 1 aliphatic rings. The van der Waals surface area contributed by atoms with Crippen molar-refractivity contribution in [2.75, 3.05) is 31.1 Å². The van der Waals surface area contributed by atoms with Crippen LogP contribution in [0.4, 0.5) is 5.69 Å². The summed E-state index contributed by atoms with van der Waals surface area (Å²) in [6.45, 7) is 7.97. The molecule has 8 heteroatoms. The molecule has 3 aromatic carbocycles. The quantitative estimate of drug-likeness (QED) is 0.280. The van der Waals surface area contributed by atoms with Crippen LogP contribution in [-0.2, 0) is 17.3 Å². The zero-order chi connectivity index (χ0) is 27.8. The van der Waals surface area contributed by atoms with Gasteiger partial charge in [-0.3, -0.25) is 9.59 Å². The summed E-state index contributed by atoms with van der Waals surface area (Å²) < 4.78 is 13.6. The summed E-state index contributed by atoms with van der Waals surface area (Å²) in [6, 6.07) is 19.4. The molecule has 0 radical (unpaired) electrons. The highest BCUT2D eigenvalue weighted by Crippen LogP contribution is 2.36. The van der Waals surface area contributed by atoms with Crippen LogP contribution in [0.1, 0.15) is 65.8 Å². The number of benzene rings is 3. The Hall–Kier alpha value is -3.00. The third-order valence-corrected chi connectivity index (χ3v) is 8.61. The van der Waals surface area contributed by atoms with Crippen molar-refractivity contribution in [3.63, 3.8) is 0 Å².